The topological polar surface area (TPSA) is 25.2 Å². The van der Waals surface area contributed by atoms with Crippen LogP contribution in [0.3, 0.4) is 0 Å². The van der Waals surface area contributed by atoms with E-state index >= 15 is 0 Å². The molecule has 1 atom stereocenters. The highest BCUT2D eigenvalue weighted by atomic mass is 127. The first-order chi connectivity index (χ1) is 8.16. The Balaban J connectivity index is 1.98. The van der Waals surface area contributed by atoms with Gasteiger partial charge in [0.15, 0.2) is 3.77 Å². The molecule has 0 radical (unpaired) electrons. The molecule has 0 saturated heterocycles. The van der Waals surface area contributed by atoms with Gasteiger partial charge in [0, 0.05) is 10.5 Å². The van der Waals surface area contributed by atoms with Crippen molar-refractivity contribution in [2.24, 2.45) is 0 Å². The summed E-state index contributed by atoms with van der Waals surface area (Å²) in [6, 6.07) is 12.5. The Kier molecular flexibility index (Phi) is 4.64. The molecule has 2 aromatic rings. The van der Waals surface area contributed by atoms with Crippen LogP contribution in [0.15, 0.2) is 45.3 Å². The fourth-order valence-corrected chi connectivity index (χ4v) is 2.73. The van der Waals surface area contributed by atoms with Crippen LogP contribution in [0, 0.1) is 3.77 Å². The predicted molar refractivity (Wildman–Crippen MR) is 80.8 cm³/mol. The van der Waals surface area contributed by atoms with Gasteiger partial charge < -0.3 is 9.73 Å². The van der Waals surface area contributed by atoms with E-state index in [1.165, 1.54) is 5.56 Å². The predicted octanol–water partition coefficient (Wildman–Crippen LogP) is 4.50. The molecule has 0 spiro atoms. The minimum absolute atomic E-state index is 0.285. The highest BCUT2D eigenvalue weighted by Gasteiger charge is 2.08. The van der Waals surface area contributed by atoms with Gasteiger partial charge in [-0.15, -0.1) is 0 Å². The maximum absolute atomic E-state index is 5.51. The van der Waals surface area contributed by atoms with Crippen LogP contribution in [-0.2, 0) is 6.54 Å². The van der Waals surface area contributed by atoms with Crippen molar-refractivity contribution < 1.29 is 4.42 Å². The summed E-state index contributed by atoms with van der Waals surface area (Å²) >= 11 is 5.74. The van der Waals surface area contributed by atoms with Gasteiger partial charge in [0.25, 0.3) is 0 Å². The molecular weight excluding hydrogens is 393 g/mol. The highest BCUT2D eigenvalue weighted by Crippen LogP contribution is 2.23. The van der Waals surface area contributed by atoms with Gasteiger partial charge >= 0.3 is 0 Å². The molecule has 1 heterocycles. The summed E-state index contributed by atoms with van der Waals surface area (Å²) in [6.45, 7) is 2.89. The van der Waals surface area contributed by atoms with E-state index in [4.69, 9.17) is 4.42 Å². The van der Waals surface area contributed by atoms with Crippen LogP contribution in [0.4, 0.5) is 0 Å². The van der Waals surface area contributed by atoms with Gasteiger partial charge in [-0.25, -0.2) is 0 Å². The number of furan rings is 1. The minimum atomic E-state index is 0.285. The average molecular weight is 406 g/mol. The SMILES string of the molecule is C[C@H](NCc1ccc(I)o1)c1ccccc1Br. The van der Waals surface area contributed by atoms with Crippen LogP contribution in [0.1, 0.15) is 24.3 Å². The van der Waals surface area contributed by atoms with E-state index < -0.39 is 0 Å². The lowest BCUT2D eigenvalue weighted by Gasteiger charge is -2.14. The Morgan fingerprint density at radius 3 is 2.71 bits per heavy atom. The Bertz CT molecular complexity index is 498. The zero-order chi connectivity index (χ0) is 12.3. The standard InChI is InChI=1S/C13H13BrINO/c1-9(11-4-2-3-5-12(11)14)16-8-10-6-7-13(15)17-10/h2-7,9,16H,8H2,1H3/t9-/m0/s1. The Morgan fingerprint density at radius 2 is 2.06 bits per heavy atom. The molecule has 0 aliphatic rings. The van der Waals surface area contributed by atoms with Crippen LogP contribution in [0.5, 0.6) is 0 Å². The van der Waals surface area contributed by atoms with Crippen molar-refractivity contribution in [1.29, 1.82) is 0 Å². The second kappa shape index (κ2) is 6.02. The normalized spacial score (nSPS) is 12.6. The van der Waals surface area contributed by atoms with E-state index in [0.29, 0.717) is 0 Å². The zero-order valence-electron chi connectivity index (χ0n) is 9.41. The second-order valence-electron chi connectivity index (χ2n) is 3.83. The summed E-state index contributed by atoms with van der Waals surface area (Å²) < 4.78 is 7.57. The Morgan fingerprint density at radius 1 is 1.29 bits per heavy atom. The molecule has 0 aliphatic heterocycles. The third kappa shape index (κ3) is 3.56. The number of hydrogen-bond donors (Lipinski definition) is 1. The number of halogens is 2. The van der Waals surface area contributed by atoms with Gasteiger partial charge in [-0.05, 0) is 53.3 Å². The van der Waals surface area contributed by atoms with Gasteiger partial charge in [-0.3, -0.25) is 0 Å². The molecule has 0 amide bonds. The summed E-state index contributed by atoms with van der Waals surface area (Å²) in [6.07, 6.45) is 0. The molecule has 1 aromatic heterocycles. The Hall–Kier alpha value is -0.330. The summed E-state index contributed by atoms with van der Waals surface area (Å²) in [5, 5.41) is 3.44. The van der Waals surface area contributed by atoms with Crippen LogP contribution in [0.2, 0.25) is 0 Å². The van der Waals surface area contributed by atoms with Crippen LogP contribution >= 0.6 is 38.5 Å². The fraction of sp³-hybridized carbons (Fsp3) is 0.231. The van der Waals surface area contributed by atoms with Gasteiger partial charge in [0.2, 0.25) is 0 Å². The maximum Gasteiger partial charge on any atom is 0.164 e. The summed E-state index contributed by atoms with van der Waals surface area (Å²) in [4.78, 5) is 0. The van der Waals surface area contributed by atoms with E-state index in [-0.39, 0.29) is 6.04 Å². The number of benzene rings is 1. The van der Waals surface area contributed by atoms with Gasteiger partial charge in [-0.1, -0.05) is 34.1 Å². The van der Waals surface area contributed by atoms with Crippen molar-refractivity contribution in [2.75, 3.05) is 0 Å². The first kappa shape index (κ1) is 13.1. The average Bonchev–Trinajstić information content (AvgIpc) is 2.73. The van der Waals surface area contributed by atoms with E-state index in [1.54, 1.807) is 0 Å². The summed E-state index contributed by atoms with van der Waals surface area (Å²) in [5.74, 6) is 0.966. The zero-order valence-corrected chi connectivity index (χ0v) is 13.2. The van der Waals surface area contributed by atoms with Gasteiger partial charge in [-0.2, -0.15) is 0 Å². The lowest BCUT2D eigenvalue weighted by Crippen LogP contribution is -2.18. The third-order valence-electron chi connectivity index (χ3n) is 2.58. The molecule has 0 saturated carbocycles. The van der Waals surface area contributed by atoms with E-state index in [9.17, 15) is 0 Å². The van der Waals surface area contributed by atoms with E-state index in [2.05, 4.69) is 62.9 Å². The highest BCUT2D eigenvalue weighted by molar-refractivity contribution is 14.1. The van der Waals surface area contributed by atoms with Crippen molar-refractivity contribution >= 4 is 38.5 Å². The molecule has 2 rings (SSSR count). The first-order valence-electron chi connectivity index (χ1n) is 5.39. The molecular formula is C13H13BrINO. The number of hydrogen-bond acceptors (Lipinski definition) is 2. The Labute approximate surface area is 123 Å². The van der Waals surface area contributed by atoms with Crippen LogP contribution < -0.4 is 5.32 Å². The molecule has 90 valence electrons. The molecule has 0 bridgehead atoms. The molecule has 1 N–H and O–H groups in total. The van der Waals surface area contributed by atoms with E-state index in [0.717, 1.165) is 20.5 Å². The molecule has 0 aliphatic carbocycles. The smallest absolute Gasteiger partial charge is 0.164 e. The minimum Gasteiger partial charge on any atom is -0.454 e. The molecule has 0 unspecified atom stereocenters. The molecule has 17 heavy (non-hydrogen) atoms. The second-order valence-corrected chi connectivity index (χ2v) is 5.75. The van der Waals surface area contributed by atoms with Gasteiger partial charge in [0.1, 0.15) is 5.76 Å². The first-order valence-corrected chi connectivity index (χ1v) is 7.26. The quantitative estimate of drug-likeness (QED) is 0.757. The molecule has 4 heteroatoms. The van der Waals surface area contributed by atoms with Crippen molar-refractivity contribution in [3.63, 3.8) is 0 Å². The monoisotopic (exact) mass is 405 g/mol. The van der Waals surface area contributed by atoms with Crippen molar-refractivity contribution in [3.05, 3.63) is 56.0 Å². The van der Waals surface area contributed by atoms with Crippen molar-refractivity contribution in [3.8, 4) is 0 Å². The third-order valence-corrected chi connectivity index (χ3v) is 3.89. The van der Waals surface area contributed by atoms with Crippen LogP contribution in [-0.4, -0.2) is 0 Å². The fourth-order valence-electron chi connectivity index (χ4n) is 1.64. The molecule has 0 fully saturated rings. The summed E-state index contributed by atoms with van der Waals surface area (Å²) in [5.41, 5.74) is 1.26. The van der Waals surface area contributed by atoms with E-state index in [1.807, 2.05) is 24.3 Å². The van der Waals surface area contributed by atoms with Crippen molar-refractivity contribution in [1.82, 2.24) is 5.32 Å². The largest absolute Gasteiger partial charge is 0.454 e. The van der Waals surface area contributed by atoms with Gasteiger partial charge in [0.05, 0.1) is 6.54 Å². The molecule has 1 aromatic carbocycles. The lowest BCUT2D eigenvalue weighted by molar-refractivity contribution is 0.444. The lowest BCUT2D eigenvalue weighted by atomic mass is 10.1. The van der Waals surface area contributed by atoms with Crippen LogP contribution in [0.25, 0.3) is 0 Å². The number of nitrogens with one attached hydrogen (secondary N) is 1. The maximum atomic E-state index is 5.51. The summed E-state index contributed by atoms with van der Waals surface area (Å²) in [7, 11) is 0. The number of rotatable bonds is 4. The van der Waals surface area contributed by atoms with Crippen molar-refractivity contribution in [2.45, 2.75) is 19.5 Å². The molecule has 2 nitrogen and oxygen atoms in total.